The van der Waals surface area contributed by atoms with Crippen molar-refractivity contribution in [3.05, 3.63) is 34.6 Å². The van der Waals surface area contributed by atoms with Crippen molar-refractivity contribution in [2.75, 3.05) is 32.0 Å². The highest BCUT2D eigenvalue weighted by molar-refractivity contribution is 6.30. The third kappa shape index (κ3) is 4.25. The van der Waals surface area contributed by atoms with Crippen LogP contribution in [0.2, 0.25) is 5.02 Å². The van der Waals surface area contributed by atoms with Crippen LogP contribution < -0.4 is 16.2 Å². The van der Waals surface area contributed by atoms with Crippen LogP contribution in [-0.2, 0) is 0 Å². The van der Waals surface area contributed by atoms with Crippen molar-refractivity contribution in [2.45, 2.75) is 25.2 Å². The minimum atomic E-state index is -0.0556. The molecule has 140 valence electrons. The van der Waals surface area contributed by atoms with Gasteiger partial charge in [-0.05, 0) is 44.0 Å². The summed E-state index contributed by atoms with van der Waals surface area (Å²) in [6, 6.07) is 5.09. The standard InChI is InChI=1S/C17H23ClN6O2/c18-12-2-3-13(14(10-12)26-9-1-6-19)16(25)24-7-4-11(5-8-24)15-21-17(20)23-22-15/h2-3,10-11H,1,4-9,19H2,(H3,20,21,22,23). The molecule has 9 heteroatoms. The number of nitrogens with zero attached hydrogens (tertiary/aromatic N) is 3. The molecule has 0 saturated carbocycles. The Morgan fingerprint density at radius 2 is 2.15 bits per heavy atom. The molecular formula is C17H23ClN6O2. The molecule has 0 bridgehead atoms. The van der Waals surface area contributed by atoms with E-state index < -0.39 is 0 Å². The number of nitrogens with one attached hydrogen (secondary N) is 1. The number of nitrogens with two attached hydrogens (primary N) is 2. The fourth-order valence-electron chi connectivity index (χ4n) is 3.05. The zero-order valence-corrected chi connectivity index (χ0v) is 15.2. The number of carbonyl (C=O) groups excluding carboxylic acids is 1. The lowest BCUT2D eigenvalue weighted by Crippen LogP contribution is -2.38. The minimum absolute atomic E-state index is 0.0556. The number of benzene rings is 1. The number of amides is 1. The largest absolute Gasteiger partial charge is 0.493 e. The lowest BCUT2D eigenvalue weighted by Gasteiger charge is -2.31. The van der Waals surface area contributed by atoms with Crippen molar-refractivity contribution in [3.63, 3.8) is 0 Å². The molecule has 1 aliphatic rings. The second-order valence-electron chi connectivity index (χ2n) is 6.28. The Labute approximate surface area is 156 Å². The third-order valence-corrected chi connectivity index (χ3v) is 4.70. The first-order valence-corrected chi connectivity index (χ1v) is 9.05. The minimum Gasteiger partial charge on any atom is -0.493 e. The topological polar surface area (TPSA) is 123 Å². The smallest absolute Gasteiger partial charge is 0.257 e. The van der Waals surface area contributed by atoms with E-state index in [0.29, 0.717) is 49.0 Å². The van der Waals surface area contributed by atoms with Crippen LogP contribution >= 0.6 is 11.6 Å². The Kier molecular flexibility index (Phi) is 5.95. The number of rotatable bonds is 6. The first-order chi connectivity index (χ1) is 12.6. The monoisotopic (exact) mass is 378 g/mol. The van der Waals surface area contributed by atoms with Gasteiger partial charge in [-0.15, -0.1) is 5.10 Å². The van der Waals surface area contributed by atoms with Gasteiger partial charge in [-0.3, -0.25) is 9.89 Å². The van der Waals surface area contributed by atoms with Crippen molar-refractivity contribution in [1.29, 1.82) is 0 Å². The van der Waals surface area contributed by atoms with Crippen LogP contribution in [-0.4, -0.2) is 52.2 Å². The summed E-state index contributed by atoms with van der Waals surface area (Å²) >= 11 is 6.05. The van der Waals surface area contributed by atoms with E-state index in [2.05, 4.69) is 15.2 Å². The molecule has 0 aliphatic carbocycles. The van der Waals surface area contributed by atoms with Gasteiger partial charge in [0.1, 0.15) is 11.6 Å². The first kappa shape index (κ1) is 18.5. The van der Waals surface area contributed by atoms with Gasteiger partial charge in [0.2, 0.25) is 5.95 Å². The Morgan fingerprint density at radius 3 is 2.81 bits per heavy atom. The molecule has 1 aliphatic heterocycles. The third-order valence-electron chi connectivity index (χ3n) is 4.47. The van der Waals surface area contributed by atoms with Crippen LogP contribution in [0, 0.1) is 0 Å². The van der Waals surface area contributed by atoms with E-state index in [9.17, 15) is 4.79 Å². The molecule has 5 N–H and O–H groups in total. The molecule has 8 nitrogen and oxygen atoms in total. The molecule has 0 atom stereocenters. The van der Waals surface area contributed by atoms with E-state index in [0.717, 1.165) is 18.7 Å². The zero-order chi connectivity index (χ0) is 18.5. The second kappa shape index (κ2) is 8.37. The van der Waals surface area contributed by atoms with Gasteiger partial charge >= 0.3 is 0 Å². The van der Waals surface area contributed by atoms with Crippen LogP contribution in [0.1, 0.15) is 41.4 Å². The number of aromatic nitrogens is 3. The fraction of sp³-hybridized carbons (Fsp3) is 0.471. The highest BCUT2D eigenvalue weighted by Gasteiger charge is 2.27. The lowest BCUT2D eigenvalue weighted by molar-refractivity contribution is 0.0706. The van der Waals surface area contributed by atoms with E-state index in [4.69, 9.17) is 27.8 Å². The van der Waals surface area contributed by atoms with Crippen LogP contribution in [0.15, 0.2) is 18.2 Å². The van der Waals surface area contributed by atoms with Gasteiger partial charge in [0.15, 0.2) is 0 Å². The predicted molar refractivity (Wildman–Crippen MR) is 99.3 cm³/mol. The quantitative estimate of drug-likeness (QED) is 0.658. The molecule has 26 heavy (non-hydrogen) atoms. The van der Waals surface area contributed by atoms with E-state index in [1.807, 2.05) is 4.90 Å². The summed E-state index contributed by atoms with van der Waals surface area (Å²) in [6.45, 7) is 2.25. The number of likely N-dealkylation sites (tertiary alicyclic amines) is 1. The summed E-state index contributed by atoms with van der Waals surface area (Å²) in [5, 5.41) is 7.27. The van der Waals surface area contributed by atoms with Gasteiger partial charge in [0.05, 0.1) is 12.2 Å². The maximum Gasteiger partial charge on any atom is 0.257 e. The molecule has 0 radical (unpaired) electrons. The van der Waals surface area contributed by atoms with Gasteiger partial charge in [-0.1, -0.05) is 11.6 Å². The van der Waals surface area contributed by atoms with Crippen molar-refractivity contribution >= 4 is 23.5 Å². The van der Waals surface area contributed by atoms with Crippen molar-refractivity contribution < 1.29 is 9.53 Å². The summed E-state index contributed by atoms with van der Waals surface area (Å²) in [5.41, 5.74) is 11.6. The number of ether oxygens (including phenoxy) is 1. The van der Waals surface area contributed by atoms with E-state index in [1.54, 1.807) is 18.2 Å². The van der Waals surface area contributed by atoms with Crippen LogP contribution in [0.5, 0.6) is 5.75 Å². The molecule has 1 saturated heterocycles. The van der Waals surface area contributed by atoms with Gasteiger partial charge < -0.3 is 21.1 Å². The maximum atomic E-state index is 12.9. The summed E-state index contributed by atoms with van der Waals surface area (Å²) in [7, 11) is 0. The van der Waals surface area contributed by atoms with Crippen LogP contribution in [0.3, 0.4) is 0 Å². The number of hydrogen-bond acceptors (Lipinski definition) is 6. The van der Waals surface area contributed by atoms with Crippen LogP contribution in [0.4, 0.5) is 5.95 Å². The van der Waals surface area contributed by atoms with E-state index in [-0.39, 0.29) is 17.8 Å². The number of aromatic amines is 1. The molecule has 1 amide bonds. The van der Waals surface area contributed by atoms with Gasteiger partial charge in [-0.2, -0.15) is 4.98 Å². The number of halogens is 1. The molecule has 1 aromatic carbocycles. The van der Waals surface area contributed by atoms with Gasteiger partial charge in [-0.25, -0.2) is 0 Å². The van der Waals surface area contributed by atoms with Gasteiger partial charge in [0, 0.05) is 24.0 Å². The number of piperidine rings is 1. The van der Waals surface area contributed by atoms with E-state index >= 15 is 0 Å². The summed E-state index contributed by atoms with van der Waals surface area (Å²) in [4.78, 5) is 19.0. The highest BCUT2D eigenvalue weighted by atomic mass is 35.5. The van der Waals surface area contributed by atoms with Crippen molar-refractivity contribution in [2.24, 2.45) is 5.73 Å². The molecule has 2 heterocycles. The average Bonchev–Trinajstić information content (AvgIpc) is 3.08. The maximum absolute atomic E-state index is 12.9. The summed E-state index contributed by atoms with van der Waals surface area (Å²) in [5.74, 6) is 1.71. The highest BCUT2D eigenvalue weighted by Crippen LogP contribution is 2.29. The van der Waals surface area contributed by atoms with Crippen LogP contribution in [0.25, 0.3) is 0 Å². The molecule has 3 rings (SSSR count). The van der Waals surface area contributed by atoms with Gasteiger partial charge in [0.25, 0.3) is 5.91 Å². The molecule has 0 unspecified atom stereocenters. The molecule has 2 aromatic rings. The Balaban J connectivity index is 1.66. The Morgan fingerprint density at radius 1 is 1.38 bits per heavy atom. The summed E-state index contributed by atoms with van der Waals surface area (Å²) in [6.07, 6.45) is 2.32. The van der Waals surface area contributed by atoms with Crippen molar-refractivity contribution in [3.8, 4) is 5.75 Å². The zero-order valence-electron chi connectivity index (χ0n) is 14.4. The average molecular weight is 379 g/mol. The number of nitrogen functional groups attached to an aromatic ring is 1. The predicted octanol–water partition coefficient (Wildman–Crippen LogP) is 1.79. The normalized spacial score (nSPS) is 15.2. The molecule has 1 aromatic heterocycles. The Hall–Kier alpha value is -2.32. The SMILES string of the molecule is NCCCOc1cc(Cl)ccc1C(=O)N1CCC(c2nc(N)n[nH]2)CC1. The fourth-order valence-corrected chi connectivity index (χ4v) is 3.22. The molecule has 0 spiro atoms. The number of H-pyrrole nitrogens is 1. The van der Waals surface area contributed by atoms with Crippen molar-refractivity contribution in [1.82, 2.24) is 20.1 Å². The molecular weight excluding hydrogens is 356 g/mol. The number of hydrogen-bond donors (Lipinski definition) is 3. The van der Waals surface area contributed by atoms with E-state index in [1.165, 1.54) is 0 Å². The Bertz CT molecular complexity index is 757. The lowest BCUT2D eigenvalue weighted by atomic mass is 9.95. The second-order valence-corrected chi connectivity index (χ2v) is 6.71. The number of anilines is 1. The summed E-state index contributed by atoms with van der Waals surface area (Å²) < 4.78 is 5.71. The molecule has 1 fully saturated rings. The number of carbonyl (C=O) groups is 1. The first-order valence-electron chi connectivity index (χ1n) is 8.68.